The van der Waals surface area contributed by atoms with Gasteiger partial charge in [0.05, 0.1) is 23.9 Å². The minimum Gasteiger partial charge on any atom is -0.497 e. The van der Waals surface area contributed by atoms with Gasteiger partial charge in [0.2, 0.25) is 0 Å². The molecule has 1 fully saturated rings. The second kappa shape index (κ2) is 8.17. The van der Waals surface area contributed by atoms with Crippen LogP contribution in [0, 0.1) is 6.92 Å². The number of carbonyl (C=O) groups is 1. The zero-order valence-corrected chi connectivity index (χ0v) is 16.8. The summed E-state index contributed by atoms with van der Waals surface area (Å²) in [6.45, 7) is 3.05. The highest BCUT2D eigenvalue weighted by Gasteiger charge is 2.34. The van der Waals surface area contributed by atoms with Gasteiger partial charge in [-0.2, -0.15) is 0 Å². The lowest BCUT2D eigenvalue weighted by molar-refractivity contribution is 0.0788. The highest BCUT2D eigenvalue weighted by atomic mass is 35.5. The molecule has 0 bridgehead atoms. The Morgan fingerprint density at radius 3 is 2.61 bits per heavy atom. The van der Waals surface area contributed by atoms with E-state index in [4.69, 9.17) is 10.5 Å². The predicted octanol–water partition coefficient (Wildman–Crippen LogP) is 3.54. The second-order valence-electron chi connectivity index (χ2n) is 7.07. The third kappa shape index (κ3) is 3.68. The highest BCUT2D eigenvalue weighted by Crippen LogP contribution is 2.29. The number of likely N-dealkylation sites (tertiary alicyclic amines) is 1. The van der Waals surface area contributed by atoms with Crippen LogP contribution in [0.4, 0.5) is 0 Å². The first kappa shape index (κ1) is 20.1. The van der Waals surface area contributed by atoms with Crippen LogP contribution in [0.1, 0.15) is 27.5 Å². The van der Waals surface area contributed by atoms with E-state index >= 15 is 0 Å². The topological polar surface area (TPSA) is 68.5 Å². The number of rotatable bonds is 3. The lowest BCUT2D eigenvalue weighted by Crippen LogP contribution is -2.32. The van der Waals surface area contributed by atoms with Gasteiger partial charge in [0.15, 0.2) is 0 Å². The van der Waals surface area contributed by atoms with Crippen molar-refractivity contribution < 1.29 is 9.53 Å². The number of aromatic nitrogens is 1. The summed E-state index contributed by atoms with van der Waals surface area (Å²) in [6, 6.07) is 17.7. The van der Waals surface area contributed by atoms with Crippen LogP contribution in [0.3, 0.4) is 0 Å². The quantitative estimate of drug-likeness (QED) is 0.733. The molecule has 0 radical (unpaired) electrons. The predicted molar refractivity (Wildman–Crippen MR) is 113 cm³/mol. The number of methoxy groups -OCH3 is 1. The summed E-state index contributed by atoms with van der Waals surface area (Å²) in [6.07, 6.45) is 0. The van der Waals surface area contributed by atoms with Crippen LogP contribution < -0.4 is 10.5 Å². The van der Waals surface area contributed by atoms with Crippen LogP contribution in [0.2, 0.25) is 0 Å². The number of benzene rings is 2. The molecule has 1 amide bonds. The molecule has 6 heteroatoms. The molecule has 3 aromatic rings. The van der Waals surface area contributed by atoms with Gasteiger partial charge < -0.3 is 15.4 Å². The summed E-state index contributed by atoms with van der Waals surface area (Å²) in [5, 5.41) is 0.924. The Hall–Kier alpha value is -2.63. The molecule has 146 valence electrons. The zero-order chi connectivity index (χ0) is 19.0. The largest absolute Gasteiger partial charge is 0.497 e. The monoisotopic (exact) mass is 397 g/mol. The third-order valence-corrected chi connectivity index (χ3v) is 5.33. The lowest BCUT2D eigenvalue weighted by atomic mass is 9.95. The molecular formula is C22H24ClN3O2. The third-order valence-electron chi connectivity index (χ3n) is 5.33. The fourth-order valence-corrected chi connectivity index (χ4v) is 3.80. The second-order valence-corrected chi connectivity index (χ2v) is 7.07. The van der Waals surface area contributed by atoms with Gasteiger partial charge in [-0.05, 0) is 30.7 Å². The minimum atomic E-state index is -0.0608. The van der Waals surface area contributed by atoms with Crippen LogP contribution in [-0.2, 0) is 0 Å². The summed E-state index contributed by atoms with van der Waals surface area (Å²) in [4.78, 5) is 19.6. The van der Waals surface area contributed by atoms with E-state index in [0.29, 0.717) is 18.7 Å². The number of ether oxygens (including phenoxy) is 1. The number of pyridine rings is 1. The molecule has 0 spiro atoms. The minimum absolute atomic E-state index is 0. The maximum absolute atomic E-state index is 13.2. The molecule has 2 atom stereocenters. The number of carbonyl (C=O) groups excluding carboxylic acids is 1. The maximum Gasteiger partial charge on any atom is 0.255 e. The van der Waals surface area contributed by atoms with Gasteiger partial charge in [0.1, 0.15) is 5.75 Å². The fraction of sp³-hybridized carbons (Fsp3) is 0.273. The van der Waals surface area contributed by atoms with Gasteiger partial charge in [-0.1, -0.05) is 30.3 Å². The number of hydrogen-bond donors (Lipinski definition) is 1. The molecule has 0 unspecified atom stereocenters. The van der Waals surface area contributed by atoms with Gasteiger partial charge in [-0.15, -0.1) is 12.4 Å². The molecule has 0 aliphatic carbocycles. The van der Waals surface area contributed by atoms with Gasteiger partial charge in [0.25, 0.3) is 5.91 Å². The van der Waals surface area contributed by atoms with Crippen molar-refractivity contribution in [3.05, 3.63) is 71.4 Å². The van der Waals surface area contributed by atoms with E-state index in [2.05, 4.69) is 17.1 Å². The Bertz CT molecular complexity index is 994. The first-order valence-electron chi connectivity index (χ1n) is 9.12. The van der Waals surface area contributed by atoms with Gasteiger partial charge >= 0.3 is 0 Å². The van der Waals surface area contributed by atoms with Crippen LogP contribution in [-0.4, -0.2) is 42.0 Å². The molecule has 1 aliphatic rings. The average molecular weight is 398 g/mol. The first-order chi connectivity index (χ1) is 13.1. The van der Waals surface area contributed by atoms with Crippen molar-refractivity contribution in [1.82, 2.24) is 9.88 Å². The number of nitrogens with two attached hydrogens (primary N) is 1. The summed E-state index contributed by atoms with van der Waals surface area (Å²) in [7, 11) is 1.63. The molecule has 2 N–H and O–H groups in total. The standard InChI is InChI=1S/C22H23N3O2.ClH/c1-14-18(10-16-8-9-17(27-2)11-21(16)24-14)22(26)25-12-19(20(23)13-25)15-6-4-3-5-7-15;/h3-11,19-20H,12-13,23H2,1-2H3;1H/t19-,20+;/m0./s1. The van der Waals surface area contributed by atoms with Crippen molar-refractivity contribution in [3.63, 3.8) is 0 Å². The van der Waals surface area contributed by atoms with E-state index in [-0.39, 0.29) is 30.3 Å². The smallest absolute Gasteiger partial charge is 0.255 e. The normalized spacial score (nSPS) is 18.8. The summed E-state index contributed by atoms with van der Waals surface area (Å²) < 4.78 is 5.26. The molecule has 2 heterocycles. The number of fused-ring (bicyclic) bond motifs is 1. The van der Waals surface area contributed by atoms with E-state index in [9.17, 15) is 4.79 Å². The number of aryl methyl sites for hydroxylation is 1. The van der Waals surface area contributed by atoms with E-state index in [1.165, 1.54) is 5.56 Å². The molecule has 28 heavy (non-hydrogen) atoms. The van der Waals surface area contributed by atoms with Crippen LogP contribution >= 0.6 is 12.4 Å². The van der Waals surface area contributed by atoms with Gasteiger partial charge in [-0.3, -0.25) is 9.78 Å². The van der Waals surface area contributed by atoms with Crippen LogP contribution in [0.5, 0.6) is 5.75 Å². The Balaban J connectivity index is 0.00000225. The summed E-state index contributed by atoms with van der Waals surface area (Å²) in [5.74, 6) is 0.907. The van der Waals surface area contributed by atoms with Gasteiger partial charge in [0, 0.05) is 36.5 Å². The Morgan fingerprint density at radius 1 is 1.14 bits per heavy atom. The summed E-state index contributed by atoms with van der Waals surface area (Å²) in [5.41, 5.74) is 9.71. The van der Waals surface area contributed by atoms with E-state index in [0.717, 1.165) is 22.3 Å². The number of nitrogens with zero attached hydrogens (tertiary/aromatic N) is 2. The fourth-order valence-electron chi connectivity index (χ4n) is 3.80. The van der Waals surface area contributed by atoms with Crippen LogP contribution in [0.25, 0.3) is 10.9 Å². The van der Waals surface area contributed by atoms with Crippen molar-refractivity contribution in [2.75, 3.05) is 20.2 Å². The van der Waals surface area contributed by atoms with Crippen molar-refractivity contribution in [2.24, 2.45) is 5.73 Å². The maximum atomic E-state index is 13.2. The molecule has 1 saturated heterocycles. The SMILES string of the molecule is COc1ccc2cc(C(=O)N3C[C@@H](N)[C@H](c4ccccc4)C3)c(C)nc2c1.Cl. The van der Waals surface area contributed by atoms with Crippen molar-refractivity contribution in [1.29, 1.82) is 0 Å². The van der Waals surface area contributed by atoms with E-state index in [1.807, 2.05) is 54.3 Å². The van der Waals surface area contributed by atoms with Crippen molar-refractivity contribution >= 4 is 29.2 Å². The Labute approximate surface area is 170 Å². The lowest BCUT2D eigenvalue weighted by Gasteiger charge is -2.18. The first-order valence-corrected chi connectivity index (χ1v) is 9.12. The molecule has 2 aromatic carbocycles. The Morgan fingerprint density at radius 2 is 1.89 bits per heavy atom. The highest BCUT2D eigenvalue weighted by molar-refractivity contribution is 5.99. The molecule has 1 aliphatic heterocycles. The average Bonchev–Trinajstić information content (AvgIpc) is 3.08. The molecular weight excluding hydrogens is 374 g/mol. The molecule has 1 aromatic heterocycles. The van der Waals surface area contributed by atoms with E-state index in [1.54, 1.807) is 7.11 Å². The molecule has 0 saturated carbocycles. The molecule has 5 nitrogen and oxygen atoms in total. The van der Waals surface area contributed by atoms with Crippen LogP contribution in [0.15, 0.2) is 54.6 Å². The summed E-state index contributed by atoms with van der Waals surface area (Å²) >= 11 is 0. The van der Waals surface area contributed by atoms with Gasteiger partial charge in [-0.25, -0.2) is 0 Å². The van der Waals surface area contributed by atoms with Crippen molar-refractivity contribution in [2.45, 2.75) is 18.9 Å². The van der Waals surface area contributed by atoms with Crippen molar-refractivity contribution in [3.8, 4) is 5.75 Å². The molecule has 4 rings (SSSR count). The number of halogens is 1. The zero-order valence-electron chi connectivity index (χ0n) is 16.0. The van der Waals surface area contributed by atoms with E-state index < -0.39 is 0 Å². The number of amides is 1. The number of hydrogen-bond acceptors (Lipinski definition) is 4. The Kier molecular flexibility index (Phi) is 5.87.